The van der Waals surface area contributed by atoms with E-state index in [0.29, 0.717) is 16.9 Å². The van der Waals surface area contributed by atoms with Crippen molar-refractivity contribution in [1.82, 2.24) is 5.32 Å². The third-order valence-electron chi connectivity index (χ3n) is 3.30. The first kappa shape index (κ1) is 16.4. The Morgan fingerprint density at radius 3 is 2.52 bits per heavy atom. The highest BCUT2D eigenvalue weighted by Crippen LogP contribution is 2.19. The second-order valence-corrected chi connectivity index (χ2v) is 4.77. The Bertz CT molecular complexity index is 700. The average Bonchev–Trinajstić information content (AvgIpc) is 2.59. The lowest BCUT2D eigenvalue weighted by Crippen LogP contribution is -2.28. The van der Waals surface area contributed by atoms with Crippen LogP contribution in [0.3, 0.4) is 0 Å². The maximum atomic E-state index is 12.1. The molecule has 0 aliphatic carbocycles. The van der Waals surface area contributed by atoms with Crippen molar-refractivity contribution in [1.29, 1.82) is 0 Å². The summed E-state index contributed by atoms with van der Waals surface area (Å²) in [5.41, 5.74) is 0.792. The van der Waals surface area contributed by atoms with Crippen LogP contribution in [-0.2, 0) is 0 Å². The number of para-hydroxylation sites is 1. The van der Waals surface area contributed by atoms with Crippen LogP contribution < -0.4 is 10.1 Å². The van der Waals surface area contributed by atoms with E-state index < -0.39 is 11.0 Å². The van der Waals surface area contributed by atoms with Crippen LogP contribution in [0.5, 0.6) is 5.75 Å². The van der Waals surface area contributed by atoms with Gasteiger partial charge < -0.3 is 15.2 Å². The van der Waals surface area contributed by atoms with Crippen LogP contribution in [0.2, 0.25) is 0 Å². The zero-order valence-corrected chi connectivity index (χ0v) is 12.4. The molecule has 0 aromatic heterocycles. The maximum Gasteiger partial charge on any atom is 0.269 e. The normalized spacial score (nSPS) is 11.6. The summed E-state index contributed by atoms with van der Waals surface area (Å²) < 4.78 is 5.11. The van der Waals surface area contributed by atoms with Crippen LogP contribution in [0.4, 0.5) is 5.69 Å². The van der Waals surface area contributed by atoms with Crippen molar-refractivity contribution in [2.75, 3.05) is 13.7 Å². The lowest BCUT2D eigenvalue weighted by molar-refractivity contribution is -0.384. The third kappa shape index (κ3) is 4.04. The van der Waals surface area contributed by atoms with Gasteiger partial charge in [0.15, 0.2) is 0 Å². The Morgan fingerprint density at radius 1 is 1.26 bits per heavy atom. The van der Waals surface area contributed by atoms with Crippen LogP contribution in [0.15, 0.2) is 48.5 Å². The predicted octanol–water partition coefficient (Wildman–Crippen LogP) is 2.07. The Morgan fingerprint density at radius 2 is 1.91 bits per heavy atom. The first-order chi connectivity index (χ1) is 11.0. The summed E-state index contributed by atoms with van der Waals surface area (Å²) in [6.45, 7) is -0.0192. The summed E-state index contributed by atoms with van der Waals surface area (Å²) in [6, 6.07) is 12.3. The molecule has 1 amide bonds. The SMILES string of the molecule is COc1ccccc1C(=O)NC[C@@H](O)c1ccc([N+](=O)[O-])cc1. The predicted molar refractivity (Wildman–Crippen MR) is 83.4 cm³/mol. The number of aliphatic hydroxyl groups excluding tert-OH is 1. The van der Waals surface area contributed by atoms with E-state index in [4.69, 9.17) is 4.74 Å². The van der Waals surface area contributed by atoms with Crippen molar-refractivity contribution in [3.63, 3.8) is 0 Å². The lowest BCUT2D eigenvalue weighted by Gasteiger charge is -2.13. The molecular weight excluding hydrogens is 300 g/mol. The minimum Gasteiger partial charge on any atom is -0.496 e. The van der Waals surface area contributed by atoms with Crippen LogP contribution >= 0.6 is 0 Å². The summed E-state index contributed by atoms with van der Waals surface area (Å²) in [4.78, 5) is 22.2. The Kier molecular flexibility index (Phi) is 5.27. The molecule has 0 radical (unpaired) electrons. The zero-order valence-electron chi connectivity index (χ0n) is 12.4. The summed E-state index contributed by atoms with van der Waals surface area (Å²) in [7, 11) is 1.47. The molecular formula is C16H16N2O5. The number of hydrogen-bond donors (Lipinski definition) is 2. The van der Waals surface area contributed by atoms with E-state index in [1.165, 1.54) is 31.4 Å². The number of nitrogens with one attached hydrogen (secondary N) is 1. The Hall–Kier alpha value is -2.93. The van der Waals surface area contributed by atoms with Gasteiger partial charge in [0, 0.05) is 18.7 Å². The zero-order chi connectivity index (χ0) is 16.8. The summed E-state index contributed by atoms with van der Waals surface area (Å²) in [5, 5.41) is 23.3. The Balaban J connectivity index is 1.99. The molecule has 0 unspecified atom stereocenters. The van der Waals surface area contributed by atoms with Gasteiger partial charge in [-0.05, 0) is 29.8 Å². The first-order valence-electron chi connectivity index (χ1n) is 6.86. The number of aliphatic hydroxyl groups is 1. The molecule has 0 spiro atoms. The third-order valence-corrected chi connectivity index (χ3v) is 3.30. The number of rotatable bonds is 6. The number of nitro benzene ring substituents is 1. The molecule has 23 heavy (non-hydrogen) atoms. The number of nitrogens with zero attached hydrogens (tertiary/aromatic N) is 1. The number of hydrogen-bond acceptors (Lipinski definition) is 5. The lowest BCUT2D eigenvalue weighted by atomic mass is 10.1. The molecule has 7 heteroatoms. The van der Waals surface area contributed by atoms with Gasteiger partial charge in [0.25, 0.3) is 11.6 Å². The minimum absolute atomic E-state index is 0.0192. The summed E-state index contributed by atoms with van der Waals surface area (Å²) in [5.74, 6) is 0.0678. The van der Waals surface area contributed by atoms with Gasteiger partial charge in [0.2, 0.25) is 0 Å². The van der Waals surface area contributed by atoms with Crippen molar-refractivity contribution in [3.05, 3.63) is 69.8 Å². The molecule has 0 aliphatic rings. The standard InChI is InChI=1S/C16H16N2O5/c1-23-15-5-3-2-4-13(15)16(20)17-10-14(19)11-6-8-12(9-7-11)18(21)22/h2-9,14,19H,10H2,1H3,(H,17,20)/t14-/m1/s1. The minimum atomic E-state index is -0.963. The molecule has 0 saturated carbocycles. The molecule has 2 N–H and O–H groups in total. The number of methoxy groups -OCH3 is 1. The second-order valence-electron chi connectivity index (χ2n) is 4.77. The van der Waals surface area contributed by atoms with Gasteiger partial charge in [-0.25, -0.2) is 0 Å². The molecule has 7 nitrogen and oxygen atoms in total. The van der Waals surface area contributed by atoms with Crippen LogP contribution in [0.1, 0.15) is 22.0 Å². The van der Waals surface area contributed by atoms with E-state index in [-0.39, 0.29) is 18.1 Å². The smallest absolute Gasteiger partial charge is 0.269 e. The molecule has 2 aromatic rings. The Labute approximate surface area is 132 Å². The van der Waals surface area contributed by atoms with E-state index in [1.807, 2.05) is 0 Å². The van der Waals surface area contributed by atoms with E-state index in [1.54, 1.807) is 24.3 Å². The highest BCUT2D eigenvalue weighted by Gasteiger charge is 2.15. The van der Waals surface area contributed by atoms with E-state index in [9.17, 15) is 20.0 Å². The monoisotopic (exact) mass is 316 g/mol. The molecule has 1 atom stereocenters. The van der Waals surface area contributed by atoms with E-state index >= 15 is 0 Å². The number of amides is 1. The quantitative estimate of drug-likeness (QED) is 0.627. The highest BCUT2D eigenvalue weighted by molar-refractivity contribution is 5.96. The summed E-state index contributed by atoms with van der Waals surface area (Å²) in [6.07, 6.45) is -0.963. The van der Waals surface area contributed by atoms with Crippen LogP contribution in [-0.4, -0.2) is 29.6 Å². The van der Waals surface area contributed by atoms with Gasteiger partial charge in [0.1, 0.15) is 5.75 Å². The highest BCUT2D eigenvalue weighted by atomic mass is 16.6. The molecule has 2 rings (SSSR count). The van der Waals surface area contributed by atoms with Gasteiger partial charge in [0.05, 0.1) is 23.7 Å². The van der Waals surface area contributed by atoms with Crippen molar-refractivity contribution >= 4 is 11.6 Å². The van der Waals surface area contributed by atoms with Gasteiger partial charge >= 0.3 is 0 Å². The molecule has 2 aromatic carbocycles. The molecule has 0 aliphatic heterocycles. The number of carbonyl (C=O) groups is 1. The van der Waals surface area contributed by atoms with Gasteiger partial charge in [-0.2, -0.15) is 0 Å². The summed E-state index contributed by atoms with van der Waals surface area (Å²) >= 11 is 0. The molecule has 120 valence electrons. The number of non-ortho nitro benzene ring substituents is 1. The topological polar surface area (TPSA) is 102 Å². The molecule has 0 bridgehead atoms. The van der Waals surface area contributed by atoms with Crippen molar-refractivity contribution in [3.8, 4) is 5.75 Å². The maximum absolute atomic E-state index is 12.1. The van der Waals surface area contributed by atoms with Crippen LogP contribution in [0.25, 0.3) is 0 Å². The molecule has 0 heterocycles. The van der Waals surface area contributed by atoms with Crippen molar-refractivity contribution in [2.24, 2.45) is 0 Å². The number of benzene rings is 2. The number of carbonyl (C=O) groups excluding carboxylic acids is 1. The number of ether oxygens (including phenoxy) is 1. The van der Waals surface area contributed by atoms with Gasteiger partial charge in [-0.15, -0.1) is 0 Å². The van der Waals surface area contributed by atoms with E-state index in [0.717, 1.165) is 0 Å². The molecule has 0 fully saturated rings. The fourth-order valence-corrected chi connectivity index (χ4v) is 2.05. The number of nitro groups is 1. The van der Waals surface area contributed by atoms with E-state index in [2.05, 4.69) is 5.32 Å². The van der Waals surface area contributed by atoms with Gasteiger partial charge in [-0.1, -0.05) is 12.1 Å². The molecule has 0 saturated heterocycles. The largest absolute Gasteiger partial charge is 0.496 e. The van der Waals surface area contributed by atoms with Crippen molar-refractivity contribution in [2.45, 2.75) is 6.10 Å². The van der Waals surface area contributed by atoms with Crippen molar-refractivity contribution < 1.29 is 19.6 Å². The van der Waals surface area contributed by atoms with Gasteiger partial charge in [-0.3, -0.25) is 14.9 Å². The van der Waals surface area contributed by atoms with Crippen LogP contribution in [0, 0.1) is 10.1 Å². The first-order valence-corrected chi connectivity index (χ1v) is 6.86. The average molecular weight is 316 g/mol. The fraction of sp³-hybridized carbons (Fsp3) is 0.188. The second kappa shape index (κ2) is 7.37. The fourth-order valence-electron chi connectivity index (χ4n) is 2.05.